The van der Waals surface area contributed by atoms with E-state index in [9.17, 15) is 13.6 Å². The predicted molar refractivity (Wildman–Crippen MR) is 74.4 cm³/mol. The molecule has 1 aliphatic rings. The molecule has 0 aliphatic carbocycles. The Morgan fingerprint density at radius 3 is 2.79 bits per heavy atom. The minimum atomic E-state index is -2.78. The number of halogens is 4. The zero-order chi connectivity index (χ0) is 13.3. The van der Waals surface area contributed by atoms with Gasteiger partial charge in [0, 0.05) is 18.3 Å². The number of carbonyl (C=O) groups is 1. The molecule has 108 valence electrons. The van der Waals surface area contributed by atoms with Crippen molar-refractivity contribution in [2.24, 2.45) is 0 Å². The summed E-state index contributed by atoms with van der Waals surface area (Å²) in [6, 6.07) is 2.79. The molecule has 8 heteroatoms. The highest BCUT2D eigenvalue weighted by molar-refractivity contribution is 7.16. The van der Waals surface area contributed by atoms with E-state index in [1.54, 1.807) is 13.1 Å². The topological polar surface area (TPSA) is 32.3 Å². The molecule has 1 aromatic rings. The van der Waals surface area contributed by atoms with Gasteiger partial charge in [-0.2, -0.15) is 0 Å². The molecule has 2 rings (SSSR count). The fourth-order valence-electron chi connectivity index (χ4n) is 1.90. The monoisotopic (exact) mass is 330 g/mol. The Bertz CT molecular complexity index is 456. The normalized spacial score (nSPS) is 20.9. The molecule has 19 heavy (non-hydrogen) atoms. The lowest BCUT2D eigenvalue weighted by Crippen LogP contribution is -2.41. The molecular formula is C11H14Cl2F2N2OS. The molecule has 0 saturated carbocycles. The largest absolute Gasteiger partial charge is 0.339 e. The first-order chi connectivity index (χ1) is 8.37. The van der Waals surface area contributed by atoms with Gasteiger partial charge in [0.15, 0.2) is 0 Å². The van der Waals surface area contributed by atoms with Crippen molar-refractivity contribution in [3.05, 3.63) is 21.3 Å². The first-order valence-electron chi connectivity index (χ1n) is 5.48. The van der Waals surface area contributed by atoms with Crippen LogP contribution in [0, 0.1) is 0 Å². The van der Waals surface area contributed by atoms with Crippen molar-refractivity contribution in [2.45, 2.75) is 24.9 Å². The number of nitrogens with one attached hydrogen (secondary N) is 1. The van der Waals surface area contributed by atoms with Gasteiger partial charge < -0.3 is 4.90 Å². The quantitative estimate of drug-likeness (QED) is 0.924. The van der Waals surface area contributed by atoms with E-state index in [2.05, 4.69) is 5.32 Å². The number of thiophene rings is 1. The van der Waals surface area contributed by atoms with Crippen LogP contribution in [0.25, 0.3) is 0 Å². The van der Waals surface area contributed by atoms with Crippen molar-refractivity contribution in [3.8, 4) is 0 Å². The maximum absolute atomic E-state index is 13.0. The fourth-order valence-corrected chi connectivity index (χ4v) is 3.05. The lowest BCUT2D eigenvalue weighted by molar-refractivity contribution is -0.132. The maximum Gasteiger partial charge on any atom is 0.262 e. The Balaban J connectivity index is 0.00000180. The second-order valence-electron chi connectivity index (χ2n) is 4.39. The van der Waals surface area contributed by atoms with Crippen molar-refractivity contribution in [1.82, 2.24) is 10.2 Å². The molecule has 1 aliphatic heterocycles. The van der Waals surface area contributed by atoms with E-state index in [-0.39, 0.29) is 18.3 Å². The van der Waals surface area contributed by atoms with Crippen LogP contribution in [-0.2, 0) is 11.3 Å². The molecular weight excluding hydrogens is 317 g/mol. The average molecular weight is 331 g/mol. The first kappa shape index (κ1) is 16.6. The van der Waals surface area contributed by atoms with Crippen LogP contribution in [0.1, 0.15) is 11.3 Å². The average Bonchev–Trinajstić information content (AvgIpc) is 2.83. The SMILES string of the molecule is CN(Cc1ccc(Cl)s1)C(=O)C1CC(F)(F)CN1.Cl. The Hall–Kier alpha value is -0.430. The summed E-state index contributed by atoms with van der Waals surface area (Å²) < 4.78 is 26.6. The van der Waals surface area contributed by atoms with Crippen LogP contribution in [0.3, 0.4) is 0 Å². The van der Waals surface area contributed by atoms with Crippen LogP contribution >= 0.6 is 35.3 Å². The number of hydrogen-bond donors (Lipinski definition) is 1. The fraction of sp³-hybridized carbons (Fsp3) is 0.545. The molecule has 1 saturated heterocycles. The predicted octanol–water partition coefficient (Wildman–Crippen LogP) is 2.78. The van der Waals surface area contributed by atoms with Gasteiger partial charge in [0.2, 0.25) is 5.91 Å². The highest BCUT2D eigenvalue weighted by Crippen LogP contribution is 2.27. The van der Waals surface area contributed by atoms with Crippen molar-refractivity contribution < 1.29 is 13.6 Å². The Morgan fingerprint density at radius 1 is 1.63 bits per heavy atom. The van der Waals surface area contributed by atoms with Gasteiger partial charge in [-0.15, -0.1) is 23.7 Å². The number of rotatable bonds is 3. The molecule has 0 aromatic carbocycles. The van der Waals surface area contributed by atoms with E-state index in [1.807, 2.05) is 6.07 Å². The molecule has 0 radical (unpaired) electrons. The summed E-state index contributed by atoms with van der Waals surface area (Å²) in [6.45, 7) is -0.0396. The summed E-state index contributed by atoms with van der Waals surface area (Å²) in [5, 5.41) is 2.55. The van der Waals surface area contributed by atoms with Crippen LogP contribution in [0.2, 0.25) is 4.34 Å². The number of likely N-dealkylation sites (N-methyl/N-ethyl adjacent to an activating group) is 1. The third kappa shape index (κ3) is 4.27. The van der Waals surface area contributed by atoms with Crippen molar-refractivity contribution in [1.29, 1.82) is 0 Å². The van der Waals surface area contributed by atoms with E-state index in [1.165, 1.54) is 16.2 Å². The van der Waals surface area contributed by atoms with E-state index < -0.39 is 24.9 Å². The number of alkyl halides is 2. The van der Waals surface area contributed by atoms with Crippen molar-refractivity contribution in [2.75, 3.05) is 13.6 Å². The van der Waals surface area contributed by atoms with Crippen LogP contribution in [0.5, 0.6) is 0 Å². The van der Waals surface area contributed by atoms with E-state index in [4.69, 9.17) is 11.6 Å². The highest BCUT2D eigenvalue weighted by atomic mass is 35.5. The highest BCUT2D eigenvalue weighted by Gasteiger charge is 2.43. The maximum atomic E-state index is 13.0. The van der Waals surface area contributed by atoms with Crippen LogP contribution in [-0.4, -0.2) is 36.4 Å². The minimum absolute atomic E-state index is 0. The van der Waals surface area contributed by atoms with Crippen LogP contribution < -0.4 is 5.32 Å². The molecule has 1 N–H and O–H groups in total. The Labute approximate surface area is 125 Å². The summed E-state index contributed by atoms with van der Waals surface area (Å²) in [6.07, 6.45) is -0.429. The molecule has 0 spiro atoms. The zero-order valence-corrected chi connectivity index (χ0v) is 12.5. The summed E-state index contributed by atoms with van der Waals surface area (Å²) in [7, 11) is 1.61. The van der Waals surface area contributed by atoms with Gasteiger partial charge in [-0.05, 0) is 12.1 Å². The third-order valence-electron chi connectivity index (χ3n) is 2.81. The minimum Gasteiger partial charge on any atom is -0.339 e. The summed E-state index contributed by atoms with van der Waals surface area (Å²) in [4.78, 5) is 14.3. The number of amides is 1. The second kappa shape index (κ2) is 6.35. The van der Waals surface area contributed by atoms with Gasteiger partial charge in [0.25, 0.3) is 5.92 Å². The van der Waals surface area contributed by atoms with Crippen molar-refractivity contribution in [3.63, 3.8) is 0 Å². The van der Waals surface area contributed by atoms with E-state index in [0.717, 1.165) is 4.88 Å². The molecule has 1 fully saturated rings. The lowest BCUT2D eigenvalue weighted by atomic mass is 10.1. The molecule has 1 atom stereocenters. The van der Waals surface area contributed by atoms with Crippen molar-refractivity contribution >= 4 is 41.3 Å². The zero-order valence-electron chi connectivity index (χ0n) is 10.2. The van der Waals surface area contributed by atoms with E-state index in [0.29, 0.717) is 10.9 Å². The summed E-state index contributed by atoms with van der Waals surface area (Å²) >= 11 is 7.17. The summed E-state index contributed by atoms with van der Waals surface area (Å²) in [5.74, 6) is -3.09. The second-order valence-corrected chi connectivity index (χ2v) is 6.19. The Morgan fingerprint density at radius 2 is 2.32 bits per heavy atom. The number of carbonyl (C=O) groups excluding carboxylic acids is 1. The molecule has 1 amide bonds. The van der Waals surface area contributed by atoms with Gasteiger partial charge in [0.05, 0.1) is 23.5 Å². The van der Waals surface area contributed by atoms with Gasteiger partial charge >= 0.3 is 0 Å². The van der Waals surface area contributed by atoms with Crippen LogP contribution in [0.15, 0.2) is 12.1 Å². The standard InChI is InChI=1S/C11H13ClF2N2OS.ClH/c1-16(5-7-2-3-9(12)18-7)10(17)8-4-11(13,14)6-15-8;/h2-3,8,15H,4-6H2,1H3;1H. The third-order valence-corrected chi connectivity index (χ3v) is 4.02. The van der Waals surface area contributed by atoms with Gasteiger partial charge in [-0.1, -0.05) is 11.6 Å². The van der Waals surface area contributed by atoms with Crippen LogP contribution in [0.4, 0.5) is 8.78 Å². The number of nitrogens with zero attached hydrogens (tertiary/aromatic N) is 1. The molecule has 2 heterocycles. The molecule has 1 unspecified atom stereocenters. The molecule has 0 bridgehead atoms. The lowest BCUT2D eigenvalue weighted by Gasteiger charge is -2.20. The number of hydrogen-bond acceptors (Lipinski definition) is 3. The Kier molecular flexibility index (Phi) is 5.55. The summed E-state index contributed by atoms with van der Waals surface area (Å²) in [5.41, 5.74) is 0. The smallest absolute Gasteiger partial charge is 0.262 e. The molecule has 1 aromatic heterocycles. The first-order valence-corrected chi connectivity index (χ1v) is 6.67. The van der Waals surface area contributed by atoms with E-state index >= 15 is 0 Å². The van der Waals surface area contributed by atoms with Gasteiger partial charge in [-0.3, -0.25) is 10.1 Å². The van der Waals surface area contributed by atoms with Gasteiger partial charge in [0.1, 0.15) is 0 Å². The molecule has 3 nitrogen and oxygen atoms in total. The van der Waals surface area contributed by atoms with Gasteiger partial charge in [-0.25, -0.2) is 8.78 Å².